The van der Waals surface area contributed by atoms with Gasteiger partial charge in [-0.1, -0.05) is 29.8 Å². The number of alkyl halides is 2. The molecule has 128 valence electrons. The Balaban J connectivity index is 2.58. The summed E-state index contributed by atoms with van der Waals surface area (Å²) in [4.78, 5) is 24.6. The molecule has 0 spiro atoms. The van der Waals surface area contributed by atoms with Gasteiger partial charge in [0, 0.05) is 25.5 Å². The molecule has 1 heterocycles. The fourth-order valence-corrected chi connectivity index (χ4v) is 3.35. The molecule has 1 unspecified atom stereocenters. The molecule has 22 heavy (non-hydrogen) atoms. The minimum absolute atomic E-state index is 0.0507. The van der Waals surface area contributed by atoms with Gasteiger partial charge in [-0.25, -0.2) is 4.79 Å². The van der Waals surface area contributed by atoms with Gasteiger partial charge in [0.2, 0.25) is 5.91 Å². The van der Waals surface area contributed by atoms with Crippen molar-refractivity contribution in [1.82, 2.24) is 10.2 Å². The van der Waals surface area contributed by atoms with E-state index >= 15 is 0 Å². The fourth-order valence-electron chi connectivity index (χ4n) is 2.48. The van der Waals surface area contributed by atoms with Crippen molar-refractivity contribution in [1.29, 1.82) is 0 Å². The Morgan fingerprint density at radius 3 is 2.36 bits per heavy atom. The fraction of sp³-hybridized carbons (Fsp3) is 0.857. The Kier molecular flexibility index (Phi) is 6.95. The van der Waals surface area contributed by atoms with Crippen LogP contribution in [0.25, 0.3) is 0 Å². The third-order valence-electron chi connectivity index (χ3n) is 4.29. The summed E-state index contributed by atoms with van der Waals surface area (Å²) in [7, 11) is 0. The van der Waals surface area contributed by atoms with Gasteiger partial charge in [0.15, 0.2) is 0 Å². The van der Waals surface area contributed by atoms with Crippen LogP contribution in [0.4, 0.5) is 4.79 Å². The van der Waals surface area contributed by atoms with E-state index in [4.69, 9.17) is 16.7 Å². The zero-order chi connectivity index (χ0) is 17.0. The first-order valence-corrected chi connectivity index (χ1v) is 8.71. The normalized spacial score (nSPS) is 20.5. The standard InChI is InChI=1S/C14H24BrClN2O4/c1-10(2)14(15,3-6-16)11(19)17-9-13(22)4-7-18(8-5-13)12(20)21/h10,22H,3-9H2,1-2H3,(H,17,19)(H,20,21). The number of carbonyl (C=O) groups excluding carboxylic acids is 1. The molecule has 0 saturated carbocycles. The molecule has 0 radical (unpaired) electrons. The maximum absolute atomic E-state index is 12.4. The molecule has 1 saturated heterocycles. The van der Waals surface area contributed by atoms with Crippen molar-refractivity contribution in [3.8, 4) is 0 Å². The van der Waals surface area contributed by atoms with Crippen LogP contribution in [0, 0.1) is 5.92 Å². The number of rotatable bonds is 6. The van der Waals surface area contributed by atoms with E-state index in [2.05, 4.69) is 21.2 Å². The lowest BCUT2D eigenvalue weighted by atomic mass is 9.89. The number of hydrogen-bond acceptors (Lipinski definition) is 3. The Morgan fingerprint density at radius 2 is 1.95 bits per heavy atom. The molecule has 1 aliphatic rings. The number of nitrogens with one attached hydrogen (secondary N) is 1. The highest BCUT2D eigenvalue weighted by molar-refractivity contribution is 9.10. The van der Waals surface area contributed by atoms with Gasteiger partial charge in [0.25, 0.3) is 0 Å². The lowest BCUT2D eigenvalue weighted by Crippen LogP contribution is -2.55. The summed E-state index contributed by atoms with van der Waals surface area (Å²) in [5.74, 6) is 0.210. The predicted molar refractivity (Wildman–Crippen MR) is 88.6 cm³/mol. The van der Waals surface area contributed by atoms with Crippen LogP contribution in [0.15, 0.2) is 0 Å². The molecule has 2 amide bonds. The average molecular weight is 400 g/mol. The molecule has 1 fully saturated rings. The summed E-state index contributed by atoms with van der Waals surface area (Å²) in [6, 6.07) is 0. The van der Waals surface area contributed by atoms with Gasteiger partial charge in [0.05, 0.1) is 5.60 Å². The van der Waals surface area contributed by atoms with Crippen molar-refractivity contribution >= 4 is 39.5 Å². The van der Waals surface area contributed by atoms with Crippen molar-refractivity contribution in [3.63, 3.8) is 0 Å². The summed E-state index contributed by atoms with van der Waals surface area (Å²) in [6.07, 6.45) is 0.133. The Hall–Kier alpha value is -0.530. The third kappa shape index (κ3) is 4.73. The lowest BCUT2D eigenvalue weighted by molar-refractivity contribution is -0.126. The maximum atomic E-state index is 12.4. The largest absolute Gasteiger partial charge is 0.465 e. The smallest absolute Gasteiger partial charge is 0.407 e. The summed E-state index contributed by atoms with van der Waals surface area (Å²) < 4.78 is -0.757. The molecule has 0 aromatic heterocycles. The van der Waals surface area contributed by atoms with Crippen LogP contribution in [0.3, 0.4) is 0 Å². The quantitative estimate of drug-likeness (QED) is 0.596. The minimum atomic E-state index is -1.06. The molecular weight excluding hydrogens is 376 g/mol. The molecule has 8 heteroatoms. The number of likely N-dealkylation sites (tertiary alicyclic amines) is 1. The van der Waals surface area contributed by atoms with Crippen LogP contribution in [-0.2, 0) is 4.79 Å². The van der Waals surface area contributed by atoms with Gasteiger partial charge in [-0.15, -0.1) is 11.6 Å². The predicted octanol–water partition coefficient (Wildman–Crippen LogP) is 2.03. The van der Waals surface area contributed by atoms with E-state index in [1.54, 1.807) is 0 Å². The van der Waals surface area contributed by atoms with Crippen molar-refractivity contribution in [2.75, 3.05) is 25.5 Å². The second kappa shape index (κ2) is 7.84. The second-order valence-corrected chi connectivity index (χ2v) is 7.93. The van der Waals surface area contributed by atoms with Crippen molar-refractivity contribution < 1.29 is 19.8 Å². The van der Waals surface area contributed by atoms with E-state index in [-0.39, 0.29) is 31.5 Å². The molecule has 0 aromatic rings. The molecule has 0 aromatic carbocycles. The average Bonchev–Trinajstić information content (AvgIpc) is 2.45. The van der Waals surface area contributed by atoms with Crippen LogP contribution in [0.1, 0.15) is 33.1 Å². The minimum Gasteiger partial charge on any atom is -0.465 e. The molecule has 6 nitrogen and oxygen atoms in total. The van der Waals surface area contributed by atoms with Crippen molar-refractivity contribution in [2.45, 2.75) is 43.0 Å². The van der Waals surface area contributed by atoms with Gasteiger partial charge in [-0.2, -0.15) is 0 Å². The molecule has 1 rings (SSSR count). The van der Waals surface area contributed by atoms with Gasteiger partial charge < -0.3 is 20.4 Å². The molecule has 1 aliphatic heterocycles. The highest BCUT2D eigenvalue weighted by Gasteiger charge is 2.40. The molecule has 0 bridgehead atoms. The number of halogens is 2. The van der Waals surface area contributed by atoms with E-state index in [1.165, 1.54) is 4.90 Å². The number of nitrogens with zero attached hydrogens (tertiary/aromatic N) is 1. The molecule has 0 aliphatic carbocycles. The number of amides is 2. The van der Waals surface area contributed by atoms with Crippen molar-refractivity contribution in [2.24, 2.45) is 5.92 Å². The third-order valence-corrected chi connectivity index (χ3v) is 6.15. The van der Waals surface area contributed by atoms with Crippen LogP contribution in [0.5, 0.6) is 0 Å². The highest BCUT2D eigenvalue weighted by atomic mass is 79.9. The number of carboxylic acid groups (broad SMARTS) is 1. The molecular formula is C14H24BrClN2O4. The van der Waals surface area contributed by atoms with Gasteiger partial charge in [-0.05, 0) is 25.2 Å². The van der Waals surface area contributed by atoms with Crippen LogP contribution in [-0.4, -0.2) is 62.6 Å². The van der Waals surface area contributed by atoms with Gasteiger partial charge >= 0.3 is 6.09 Å². The van der Waals surface area contributed by atoms with E-state index < -0.39 is 16.0 Å². The first-order chi connectivity index (χ1) is 10.1. The lowest BCUT2D eigenvalue weighted by Gasteiger charge is -2.38. The SMILES string of the molecule is CC(C)C(Br)(CCCl)C(=O)NCC1(O)CCN(C(=O)O)CC1. The number of hydrogen-bond donors (Lipinski definition) is 3. The highest BCUT2D eigenvalue weighted by Crippen LogP contribution is 2.32. The monoisotopic (exact) mass is 398 g/mol. The maximum Gasteiger partial charge on any atom is 0.407 e. The summed E-state index contributed by atoms with van der Waals surface area (Å²) in [6.45, 7) is 4.52. The zero-order valence-electron chi connectivity index (χ0n) is 12.9. The van der Waals surface area contributed by atoms with Gasteiger partial charge in [-0.3, -0.25) is 4.79 Å². The number of aliphatic hydroxyl groups is 1. The topological polar surface area (TPSA) is 89.9 Å². The van der Waals surface area contributed by atoms with E-state index in [0.29, 0.717) is 25.1 Å². The van der Waals surface area contributed by atoms with E-state index in [9.17, 15) is 14.7 Å². The number of carbonyl (C=O) groups is 2. The van der Waals surface area contributed by atoms with Crippen molar-refractivity contribution in [3.05, 3.63) is 0 Å². The van der Waals surface area contributed by atoms with Crippen LogP contribution >= 0.6 is 27.5 Å². The van der Waals surface area contributed by atoms with E-state index in [0.717, 1.165) is 0 Å². The number of piperidine rings is 1. The summed E-state index contributed by atoms with van der Waals surface area (Å²) in [5.41, 5.74) is -1.06. The first kappa shape index (κ1) is 19.5. The second-order valence-electron chi connectivity index (χ2n) is 6.13. The van der Waals surface area contributed by atoms with E-state index in [1.807, 2.05) is 13.8 Å². The van der Waals surface area contributed by atoms with Crippen LogP contribution in [0.2, 0.25) is 0 Å². The molecule has 1 atom stereocenters. The summed E-state index contributed by atoms with van der Waals surface area (Å²) in [5, 5.41) is 22.2. The van der Waals surface area contributed by atoms with Crippen LogP contribution < -0.4 is 5.32 Å². The Bertz CT molecular complexity index is 414. The summed E-state index contributed by atoms with van der Waals surface area (Å²) >= 11 is 9.26. The Labute approximate surface area is 144 Å². The Morgan fingerprint density at radius 1 is 1.41 bits per heavy atom. The zero-order valence-corrected chi connectivity index (χ0v) is 15.3. The van der Waals surface area contributed by atoms with Gasteiger partial charge in [0.1, 0.15) is 4.32 Å². The first-order valence-electron chi connectivity index (χ1n) is 7.38. The molecule has 3 N–H and O–H groups in total.